The smallest absolute Gasteiger partial charge is 0.358 e. The van der Waals surface area contributed by atoms with Crippen molar-refractivity contribution in [3.05, 3.63) is 11.2 Å². The second-order valence-corrected chi connectivity index (χ2v) is 6.57. The summed E-state index contributed by atoms with van der Waals surface area (Å²) < 4.78 is 30.8. The number of carbonyl (C=O) groups excluding carboxylic acids is 2. The Bertz CT molecular complexity index is 609. The molecule has 2 heterocycles. The third-order valence-electron chi connectivity index (χ3n) is 2.46. The molecule has 0 bridgehead atoms. The highest BCUT2D eigenvalue weighted by atomic mass is 32.2. The minimum atomic E-state index is -3.90. The van der Waals surface area contributed by atoms with E-state index in [1.807, 2.05) is 0 Å². The van der Waals surface area contributed by atoms with Gasteiger partial charge in [0, 0.05) is 19.0 Å². The van der Waals surface area contributed by atoms with Crippen LogP contribution in [0, 0.1) is 0 Å². The first-order valence-electron chi connectivity index (χ1n) is 5.25. The molecule has 1 fully saturated rings. The fourth-order valence-electron chi connectivity index (χ4n) is 1.62. The lowest BCUT2D eigenvalue weighted by Gasteiger charge is -2.10. The lowest BCUT2D eigenvalue weighted by Crippen LogP contribution is -2.36. The van der Waals surface area contributed by atoms with Crippen LogP contribution in [0.15, 0.2) is 9.72 Å². The zero-order chi connectivity index (χ0) is 14.0. The Morgan fingerprint density at radius 2 is 2.37 bits per heavy atom. The molecule has 8 nitrogen and oxygen atoms in total. The molecule has 1 aliphatic rings. The number of hydrogen-bond acceptors (Lipinski definition) is 7. The van der Waals surface area contributed by atoms with Crippen LogP contribution in [-0.4, -0.2) is 45.0 Å². The largest absolute Gasteiger partial charge is 0.464 e. The van der Waals surface area contributed by atoms with Crippen LogP contribution in [0.2, 0.25) is 0 Å². The standard InChI is InChI=1S/C9H11N3O5S2/c1-17-8(14)7-9(18-4-11-7)19(15,16)12-5-2-6(13)10-3-5/h4-5,12H,2-3H2,1H3,(H,10,13). The fraction of sp³-hybridized carbons (Fsp3) is 0.444. The van der Waals surface area contributed by atoms with Crippen molar-refractivity contribution in [1.29, 1.82) is 0 Å². The van der Waals surface area contributed by atoms with Crippen molar-refractivity contribution in [3.63, 3.8) is 0 Å². The molecule has 1 aliphatic heterocycles. The van der Waals surface area contributed by atoms with E-state index in [4.69, 9.17) is 0 Å². The number of nitrogens with zero attached hydrogens (tertiary/aromatic N) is 1. The van der Waals surface area contributed by atoms with Gasteiger partial charge in [0.2, 0.25) is 5.91 Å². The SMILES string of the molecule is COC(=O)c1ncsc1S(=O)(=O)NC1CNC(=O)C1. The second-order valence-electron chi connectivity index (χ2n) is 3.81. The van der Waals surface area contributed by atoms with Crippen LogP contribution in [-0.2, 0) is 19.6 Å². The number of aromatic nitrogens is 1. The number of esters is 1. The van der Waals surface area contributed by atoms with Gasteiger partial charge >= 0.3 is 5.97 Å². The molecule has 1 aromatic heterocycles. The summed E-state index contributed by atoms with van der Waals surface area (Å²) in [5.41, 5.74) is 0.996. The Morgan fingerprint density at radius 3 is 2.95 bits per heavy atom. The molecule has 1 atom stereocenters. The molecule has 2 rings (SSSR count). The molecular formula is C9H11N3O5S2. The maximum atomic E-state index is 12.1. The number of hydrogen-bond donors (Lipinski definition) is 2. The van der Waals surface area contributed by atoms with Gasteiger partial charge < -0.3 is 10.1 Å². The molecule has 10 heteroatoms. The Balaban J connectivity index is 2.22. The third-order valence-corrected chi connectivity index (χ3v) is 5.35. The molecule has 19 heavy (non-hydrogen) atoms. The summed E-state index contributed by atoms with van der Waals surface area (Å²) in [6.45, 7) is 0.227. The van der Waals surface area contributed by atoms with E-state index in [9.17, 15) is 18.0 Å². The van der Waals surface area contributed by atoms with Crippen molar-refractivity contribution in [1.82, 2.24) is 15.0 Å². The van der Waals surface area contributed by atoms with Gasteiger partial charge in [0.25, 0.3) is 10.0 Å². The quantitative estimate of drug-likeness (QED) is 0.697. The third kappa shape index (κ3) is 2.91. The van der Waals surface area contributed by atoms with Crippen molar-refractivity contribution in [2.24, 2.45) is 0 Å². The summed E-state index contributed by atoms with van der Waals surface area (Å²) >= 11 is 0.817. The molecule has 1 aromatic rings. The van der Waals surface area contributed by atoms with Gasteiger partial charge in [0.15, 0.2) is 9.90 Å². The van der Waals surface area contributed by atoms with Gasteiger partial charge in [-0.05, 0) is 0 Å². The topological polar surface area (TPSA) is 114 Å². The van der Waals surface area contributed by atoms with Gasteiger partial charge in [-0.25, -0.2) is 22.9 Å². The van der Waals surface area contributed by atoms with Gasteiger partial charge in [-0.3, -0.25) is 4.79 Å². The molecular weight excluding hydrogens is 294 g/mol. The minimum absolute atomic E-state index is 0.0750. The van der Waals surface area contributed by atoms with Crippen molar-refractivity contribution < 1.29 is 22.7 Å². The maximum absolute atomic E-state index is 12.1. The van der Waals surface area contributed by atoms with E-state index >= 15 is 0 Å². The fourth-order valence-corrected chi connectivity index (χ4v) is 4.00. The van der Waals surface area contributed by atoms with Crippen molar-refractivity contribution in [3.8, 4) is 0 Å². The number of methoxy groups -OCH3 is 1. The molecule has 104 valence electrons. The number of thiazole rings is 1. The van der Waals surface area contributed by atoms with E-state index in [1.54, 1.807) is 0 Å². The van der Waals surface area contributed by atoms with E-state index in [0.717, 1.165) is 18.4 Å². The van der Waals surface area contributed by atoms with E-state index in [-0.39, 0.29) is 28.8 Å². The first-order chi connectivity index (χ1) is 8.94. The number of nitrogens with one attached hydrogen (secondary N) is 2. The van der Waals surface area contributed by atoms with Crippen LogP contribution in [0.5, 0.6) is 0 Å². The Morgan fingerprint density at radius 1 is 1.63 bits per heavy atom. The Kier molecular flexibility index (Phi) is 3.83. The molecule has 0 spiro atoms. The van der Waals surface area contributed by atoms with Gasteiger partial charge in [-0.2, -0.15) is 0 Å². The summed E-state index contributed by atoms with van der Waals surface area (Å²) in [7, 11) is -2.75. The average molecular weight is 305 g/mol. The molecule has 1 amide bonds. The van der Waals surface area contributed by atoms with Gasteiger partial charge in [0.05, 0.1) is 12.6 Å². The lowest BCUT2D eigenvalue weighted by molar-refractivity contribution is -0.119. The average Bonchev–Trinajstić information content (AvgIpc) is 2.97. The zero-order valence-corrected chi connectivity index (χ0v) is 11.5. The monoisotopic (exact) mass is 305 g/mol. The predicted octanol–water partition coefficient (Wildman–Crippen LogP) is -0.903. The molecule has 1 saturated heterocycles. The highest BCUT2D eigenvalue weighted by molar-refractivity contribution is 7.91. The van der Waals surface area contributed by atoms with Crippen molar-refractivity contribution in [2.45, 2.75) is 16.7 Å². The molecule has 0 radical (unpaired) electrons. The Hall–Kier alpha value is -1.52. The molecule has 0 aliphatic carbocycles. The van der Waals surface area contributed by atoms with Crippen LogP contribution < -0.4 is 10.0 Å². The van der Waals surface area contributed by atoms with E-state index < -0.39 is 22.0 Å². The van der Waals surface area contributed by atoms with E-state index in [2.05, 4.69) is 19.8 Å². The van der Waals surface area contributed by atoms with Crippen LogP contribution >= 0.6 is 11.3 Å². The maximum Gasteiger partial charge on any atom is 0.358 e. The summed E-state index contributed by atoms with van der Waals surface area (Å²) in [6.07, 6.45) is 0.0750. The van der Waals surface area contributed by atoms with E-state index in [1.165, 1.54) is 5.51 Å². The summed E-state index contributed by atoms with van der Waals surface area (Å²) in [6, 6.07) is -0.523. The van der Waals surface area contributed by atoms with Crippen LogP contribution in [0.4, 0.5) is 0 Å². The summed E-state index contributed by atoms with van der Waals surface area (Å²) in [4.78, 5) is 26.1. The van der Waals surface area contributed by atoms with Crippen molar-refractivity contribution in [2.75, 3.05) is 13.7 Å². The van der Waals surface area contributed by atoms with Crippen LogP contribution in [0.3, 0.4) is 0 Å². The number of sulfonamides is 1. The van der Waals surface area contributed by atoms with Crippen LogP contribution in [0.1, 0.15) is 16.9 Å². The zero-order valence-electron chi connectivity index (χ0n) is 9.87. The molecule has 0 saturated carbocycles. The highest BCUT2D eigenvalue weighted by Crippen LogP contribution is 2.21. The lowest BCUT2D eigenvalue weighted by atomic mass is 10.3. The number of ether oxygens (including phenoxy) is 1. The summed E-state index contributed by atoms with van der Waals surface area (Å²) in [5, 5.41) is 2.52. The Labute approximate surface area is 113 Å². The predicted molar refractivity (Wildman–Crippen MR) is 65.2 cm³/mol. The first kappa shape index (κ1) is 13.9. The normalized spacial score (nSPS) is 19.2. The minimum Gasteiger partial charge on any atom is -0.464 e. The van der Waals surface area contributed by atoms with E-state index in [0.29, 0.717) is 0 Å². The van der Waals surface area contributed by atoms with Gasteiger partial charge in [-0.15, -0.1) is 11.3 Å². The number of carbonyl (C=O) groups is 2. The number of amides is 1. The number of rotatable bonds is 4. The summed E-state index contributed by atoms with van der Waals surface area (Å²) in [5.74, 6) is -1.03. The first-order valence-corrected chi connectivity index (χ1v) is 7.61. The highest BCUT2D eigenvalue weighted by Gasteiger charge is 2.31. The molecule has 0 aromatic carbocycles. The van der Waals surface area contributed by atoms with Crippen molar-refractivity contribution >= 4 is 33.2 Å². The van der Waals surface area contributed by atoms with Gasteiger partial charge in [-0.1, -0.05) is 0 Å². The van der Waals surface area contributed by atoms with Crippen LogP contribution in [0.25, 0.3) is 0 Å². The van der Waals surface area contributed by atoms with Gasteiger partial charge in [0.1, 0.15) is 0 Å². The molecule has 2 N–H and O–H groups in total. The molecule has 1 unspecified atom stereocenters. The second kappa shape index (κ2) is 5.23.